The second-order valence-corrected chi connectivity index (χ2v) is 7.37. The van der Waals surface area contributed by atoms with E-state index in [0.717, 1.165) is 37.2 Å². The molecular weight excluding hydrogens is 378 g/mol. The average Bonchev–Trinajstić information content (AvgIpc) is 3.28. The van der Waals surface area contributed by atoms with Crippen LogP contribution < -0.4 is 4.74 Å². The molecule has 1 fully saturated rings. The van der Waals surface area contributed by atoms with E-state index in [1.165, 1.54) is 0 Å². The highest BCUT2D eigenvalue weighted by Crippen LogP contribution is 2.26. The summed E-state index contributed by atoms with van der Waals surface area (Å²) in [4.78, 5) is 7.06. The van der Waals surface area contributed by atoms with Gasteiger partial charge in [0, 0.05) is 6.54 Å². The predicted molar refractivity (Wildman–Crippen MR) is 104 cm³/mol. The largest absolute Gasteiger partial charge is 0.497 e. The van der Waals surface area contributed by atoms with Gasteiger partial charge in [0.15, 0.2) is 5.82 Å². The van der Waals surface area contributed by atoms with Crippen molar-refractivity contribution in [3.8, 4) is 5.75 Å². The third kappa shape index (κ3) is 4.31. The van der Waals surface area contributed by atoms with Crippen molar-refractivity contribution in [1.82, 2.24) is 24.8 Å². The summed E-state index contributed by atoms with van der Waals surface area (Å²) in [5.74, 6) is 3.07. The van der Waals surface area contributed by atoms with Crippen LogP contribution in [0.25, 0.3) is 0 Å². The van der Waals surface area contributed by atoms with Crippen LogP contribution in [-0.4, -0.2) is 45.0 Å². The Kier molecular flexibility index (Phi) is 5.54. The standard InChI is InChI=1S/C19H23N5O3S/c1-13-20-18(27-22-13)15-4-3-9-23(11-15)12-24-19(28)26-17(21-24)10-14-5-7-16(25-2)8-6-14/h5-8,15H,3-4,9-12H2,1-2H3. The number of methoxy groups -OCH3 is 1. The van der Waals surface area contributed by atoms with Crippen LogP contribution in [0, 0.1) is 11.8 Å². The maximum absolute atomic E-state index is 5.70. The van der Waals surface area contributed by atoms with Crippen LogP contribution in [0.15, 0.2) is 33.2 Å². The van der Waals surface area contributed by atoms with Gasteiger partial charge in [-0.25, -0.2) is 4.68 Å². The van der Waals surface area contributed by atoms with Crippen molar-refractivity contribution >= 4 is 12.2 Å². The van der Waals surface area contributed by atoms with Gasteiger partial charge in [0.25, 0.3) is 4.84 Å². The quantitative estimate of drug-likeness (QED) is 0.582. The lowest BCUT2D eigenvalue weighted by Gasteiger charge is -2.30. The number of nitrogens with zero attached hydrogens (tertiary/aromatic N) is 5. The van der Waals surface area contributed by atoms with Gasteiger partial charge < -0.3 is 13.7 Å². The molecule has 1 aromatic carbocycles. The van der Waals surface area contributed by atoms with Crippen molar-refractivity contribution in [3.63, 3.8) is 0 Å². The van der Waals surface area contributed by atoms with Crippen LogP contribution in [0.3, 0.4) is 0 Å². The molecule has 3 aromatic rings. The molecule has 148 valence electrons. The van der Waals surface area contributed by atoms with Gasteiger partial charge in [-0.15, -0.1) is 5.10 Å². The van der Waals surface area contributed by atoms with Gasteiger partial charge in [0.2, 0.25) is 11.8 Å². The van der Waals surface area contributed by atoms with Gasteiger partial charge in [0.1, 0.15) is 5.75 Å². The second kappa shape index (κ2) is 8.24. The molecule has 1 saturated heterocycles. The van der Waals surface area contributed by atoms with E-state index in [1.807, 2.05) is 31.2 Å². The fourth-order valence-corrected chi connectivity index (χ4v) is 3.68. The third-order valence-corrected chi connectivity index (χ3v) is 5.19. The molecule has 0 aliphatic carbocycles. The van der Waals surface area contributed by atoms with Gasteiger partial charge in [-0.1, -0.05) is 17.3 Å². The predicted octanol–water partition coefficient (Wildman–Crippen LogP) is 3.33. The number of piperidine rings is 1. The molecule has 1 aliphatic heterocycles. The van der Waals surface area contributed by atoms with Crippen LogP contribution >= 0.6 is 12.2 Å². The highest BCUT2D eigenvalue weighted by Gasteiger charge is 2.26. The number of aromatic nitrogens is 4. The van der Waals surface area contributed by atoms with Gasteiger partial charge in [-0.05, 0) is 56.2 Å². The summed E-state index contributed by atoms with van der Waals surface area (Å²) in [5.41, 5.74) is 1.09. The Morgan fingerprint density at radius 2 is 2.11 bits per heavy atom. The molecule has 4 rings (SSSR count). The minimum atomic E-state index is 0.245. The first kappa shape index (κ1) is 18.8. The van der Waals surface area contributed by atoms with E-state index in [1.54, 1.807) is 11.8 Å². The van der Waals surface area contributed by atoms with Crippen molar-refractivity contribution in [1.29, 1.82) is 0 Å². The zero-order valence-electron chi connectivity index (χ0n) is 16.0. The van der Waals surface area contributed by atoms with Crippen LogP contribution in [0.2, 0.25) is 0 Å². The topological polar surface area (TPSA) is 82.4 Å². The molecule has 9 heteroatoms. The Balaban J connectivity index is 1.41. The zero-order chi connectivity index (χ0) is 19.5. The van der Waals surface area contributed by atoms with Gasteiger partial charge in [-0.2, -0.15) is 4.98 Å². The maximum atomic E-state index is 5.70. The number of ether oxygens (including phenoxy) is 1. The molecule has 1 atom stereocenters. The molecule has 0 N–H and O–H groups in total. The summed E-state index contributed by atoms with van der Waals surface area (Å²) < 4.78 is 18.0. The van der Waals surface area contributed by atoms with Crippen molar-refractivity contribution in [2.24, 2.45) is 0 Å². The van der Waals surface area contributed by atoms with Crippen LogP contribution in [-0.2, 0) is 13.1 Å². The zero-order valence-corrected chi connectivity index (χ0v) is 16.8. The average molecular weight is 401 g/mol. The molecule has 0 spiro atoms. The molecule has 3 heterocycles. The molecule has 0 amide bonds. The summed E-state index contributed by atoms with van der Waals surface area (Å²) in [5, 5.41) is 8.47. The molecule has 0 saturated carbocycles. The number of benzene rings is 1. The van der Waals surface area contributed by atoms with Crippen LogP contribution in [0.4, 0.5) is 0 Å². The lowest BCUT2D eigenvalue weighted by atomic mass is 9.98. The Morgan fingerprint density at radius 3 is 2.82 bits per heavy atom. The molecular formula is C19H23N5O3S. The van der Waals surface area contributed by atoms with Crippen molar-refractivity contribution in [3.05, 3.63) is 52.3 Å². The Bertz CT molecular complexity index is 978. The number of hydrogen-bond acceptors (Lipinski definition) is 8. The summed E-state index contributed by atoms with van der Waals surface area (Å²) >= 11 is 5.37. The fourth-order valence-electron chi connectivity index (χ4n) is 3.48. The second-order valence-electron chi connectivity index (χ2n) is 7.02. The molecule has 8 nitrogen and oxygen atoms in total. The van der Waals surface area contributed by atoms with E-state index in [9.17, 15) is 0 Å². The molecule has 0 bridgehead atoms. The van der Waals surface area contributed by atoms with Crippen LogP contribution in [0.1, 0.15) is 41.9 Å². The van der Waals surface area contributed by atoms with E-state index in [2.05, 4.69) is 20.1 Å². The number of rotatable bonds is 6. The Hall–Kier alpha value is -2.52. The van der Waals surface area contributed by atoms with E-state index >= 15 is 0 Å². The maximum Gasteiger partial charge on any atom is 0.288 e. The lowest BCUT2D eigenvalue weighted by molar-refractivity contribution is 0.142. The van der Waals surface area contributed by atoms with E-state index < -0.39 is 0 Å². The summed E-state index contributed by atoms with van der Waals surface area (Å²) in [7, 11) is 1.65. The number of hydrogen-bond donors (Lipinski definition) is 0. The number of likely N-dealkylation sites (tertiary alicyclic amines) is 1. The van der Waals surface area contributed by atoms with Gasteiger partial charge in [0.05, 0.1) is 26.1 Å². The molecule has 0 radical (unpaired) electrons. The van der Waals surface area contributed by atoms with E-state index in [-0.39, 0.29) is 5.92 Å². The van der Waals surface area contributed by atoms with Crippen molar-refractivity contribution < 1.29 is 13.7 Å². The third-order valence-electron chi connectivity index (χ3n) is 4.89. The van der Waals surface area contributed by atoms with Crippen molar-refractivity contribution in [2.75, 3.05) is 20.2 Å². The molecule has 2 aromatic heterocycles. The summed E-state index contributed by atoms with van der Waals surface area (Å²) in [6, 6.07) is 7.85. The van der Waals surface area contributed by atoms with E-state index in [0.29, 0.717) is 35.5 Å². The fraction of sp³-hybridized carbons (Fsp3) is 0.474. The van der Waals surface area contributed by atoms with Gasteiger partial charge >= 0.3 is 0 Å². The molecule has 1 aliphatic rings. The molecule has 28 heavy (non-hydrogen) atoms. The number of aryl methyl sites for hydroxylation is 1. The van der Waals surface area contributed by atoms with Gasteiger partial charge in [-0.3, -0.25) is 4.90 Å². The SMILES string of the molecule is COc1ccc(Cc2nn(CN3CCCC(c4nc(C)no4)C3)c(=S)o2)cc1. The molecule has 1 unspecified atom stereocenters. The monoisotopic (exact) mass is 401 g/mol. The highest BCUT2D eigenvalue weighted by molar-refractivity contribution is 7.71. The van der Waals surface area contributed by atoms with Crippen molar-refractivity contribution in [2.45, 2.75) is 38.8 Å². The lowest BCUT2D eigenvalue weighted by Crippen LogP contribution is -2.36. The minimum Gasteiger partial charge on any atom is -0.497 e. The first-order chi connectivity index (χ1) is 13.6. The first-order valence-electron chi connectivity index (χ1n) is 9.33. The minimum absolute atomic E-state index is 0.245. The summed E-state index contributed by atoms with van der Waals surface area (Å²) in [6.45, 7) is 4.25. The summed E-state index contributed by atoms with van der Waals surface area (Å²) in [6.07, 6.45) is 2.70. The first-order valence-corrected chi connectivity index (χ1v) is 9.74. The van der Waals surface area contributed by atoms with E-state index in [4.69, 9.17) is 25.9 Å². The normalized spacial score (nSPS) is 17.7. The highest BCUT2D eigenvalue weighted by atomic mass is 32.1. The Morgan fingerprint density at radius 1 is 1.29 bits per heavy atom. The smallest absolute Gasteiger partial charge is 0.288 e. The van der Waals surface area contributed by atoms with Crippen LogP contribution in [0.5, 0.6) is 5.75 Å². The Labute approximate surface area is 168 Å².